The van der Waals surface area contributed by atoms with Crippen LogP contribution in [0.5, 0.6) is 0 Å². The average Bonchev–Trinajstić information content (AvgIpc) is 3.56. The highest BCUT2D eigenvalue weighted by atomic mass is 35.5. The molecule has 212 valence electrons. The molecule has 2 aromatic carbocycles. The van der Waals surface area contributed by atoms with Crippen molar-refractivity contribution in [2.24, 2.45) is 0 Å². The van der Waals surface area contributed by atoms with Crippen LogP contribution >= 0.6 is 36.4 Å². The van der Waals surface area contributed by atoms with Crippen molar-refractivity contribution in [3.05, 3.63) is 83.6 Å². The Hall–Kier alpha value is -2.77. The number of nitrogens with zero attached hydrogens (tertiary/aromatic N) is 3. The molecule has 1 amide bonds. The zero-order chi connectivity index (χ0) is 26.3. The molecule has 4 aromatic rings. The molecule has 9 heteroatoms. The highest BCUT2D eigenvalue weighted by Gasteiger charge is 2.41. The first-order valence-electron chi connectivity index (χ1n) is 13.5. The topological polar surface area (TPSA) is 64.3 Å². The van der Waals surface area contributed by atoms with Gasteiger partial charge in [0, 0.05) is 66.1 Å². The number of aromatic nitrogens is 2. The molecule has 2 N–H and O–H groups in total. The van der Waals surface area contributed by atoms with Crippen LogP contribution in [0.3, 0.4) is 0 Å². The maximum Gasteiger partial charge on any atom is 0.231 e. The number of halogens is 3. The smallest absolute Gasteiger partial charge is 0.231 e. The van der Waals surface area contributed by atoms with E-state index in [9.17, 15) is 4.79 Å². The third-order valence-electron chi connectivity index (χ3n) is 8.10. The van der Waals surface area contributed by atoms with Gasteiger partial charge in [-0.25, -0.2) is 4.98 Å². The van der Waals surface area contributed by atoms with Crippen molar-refractivity contribution >= 4 is 59.0 Å². The van der Waals surface area contributed by atoms with Crippen LogP contribution in [-0.2, 0) is 4.79 Å². The van der Waals surface area contributed by atoms with Crippen molar-refractivity contribution in [2.45, 2.75) is 44.2 Å². The monoisotopic (exact) mass is 599 g/mol. The molecule has 2 unspecified atom stereocenters. The third kappa shape index (κ3) is 5.96. The van der Waals surface area contributed by atoms with Gasteiger partial charge in [-0.1, -0.05) is 54.1 Å². The molecule has 0 spiro atoms. The normalized spacial score (nSPS) is 19.1. The lowest BCUT2D eigenvalue weighted by molar-refractivity contribution is -0.133. The first-order valence-corrected chi connectivity index (χ1v) is 13.9. The maximum absolute atomic E-state index is 14.1. The van der Waals surface area contributed by atoms with Gasteiger partial charge in [-0.2, -0.15) is 0 Å². The largest absolute Gasteiger partial charge is 0.367 e. The molecule has 40 heavy (non-hydrogen) atoms. The van der Waals surface area contributed by atoms with E-state index in [1.165, 1.54) is 5.69 Å². The molecule has 2 aliphatic heterocycles. The molecule has 2 atom stereocenters. The lowest BCUT2D eigenvalue weighted by atomic mass is 9.88. The summed E-state index contributed by atoms with van der Waals surface area (Å²) in [5.41, 5.74) is 5.40. The minimum atomic E-state index is -0.224. The van der Waals surface area contributed by atoms with Crippen molar-refractivity contribution in [3.63, 3.8) is 0 Å². The van der Waals surface area contributed by atoms with Crippen molar-refractivity contribution < 1.29 is 4.79 Å². The average molecular weight is 601 g/mol. The standard InChI is InChI=1S/C31H34ClN5O.2ClH/c1-31(2)14-12-26(35-31)27(22-8-10-23(32)11-9-22)30(38)37-18-16-36(17-19-37)28-24-13-15-33-29(24)34-20-25(28)21-6-4-3-5-7-21;;/h3-11,13,15,20,26-27,35H,12,14,16-19H2,1-2H3,(H,33,34);2*1H. The summed E-state index contributed by atoms with van der Waals surface area (Å²) in [7, 11) is 0. The van der Waals surface area contributed by atoms with Crippen LogP contribution in [0.2, 0.25) is 5.02 Å². The van der Waals surface area contributed by atoms with Crippen molar-refractivity contribution in [3.8, 4) is 11.1 Å². The third-order valence-corrected chi connectivity index (χ3v) is 8.36. The van der Waals surface area contributed by atoms with Gasteiger partial charge in [0.1, 0.15) is 5.65 Å². The highest BCUT2D eigenvalue weighted by molar-refractivity contribution is 6.30. The summed E-state index contributed by atoms with van der Waals surface area (Å²) in [4.78, 5) is 26.5. The molecule has 0 bridgehead atoms. The summed E-state index contributed by atoms with van der Waals surface area (Å²) in [6.07, 6.45) is 5.95. The second-order valence-corrected chi connectivity index (χ2v) is 11.6. The van der Waals surface area contributed by atoms with Gasteiger partial charge < -0.3 is 20.1 Å². The van der Waals surface area contributed by atoms with Crippen molar-refractivity contribution in [1.29, 1.82) is 0 Å². The lowest BCUT2D eigenvalue weighted by Crippen LogP contribution is -2.53. The fourth-order valence-electron chi connectivity index (χ4n) is 6.14. The molecule has 0 saturated carbocycles. The fourth-order valence-corrected chi connectivity index (χ4v) is 6.27. The van der Waals surface area contributed by atoms with Gasteiger partial charge in [0.05, 0.1) is 11.6 Å². The fraction of sp³-hybridized carbons (Fsp3) is 0.355. The zero-order valence-electron chi connectivity index (χ0n) is 22.8. The molecule has 2 saturated heterocycles. The predicted octanol–water partition coefficient (Wildman–Crippen LogP) is 6.69. The van der Waals surface area contributed by atoms with E-state index in [2.05, 4.69) is 69.3 Å². The van der Waals surface area contributed by atoms with Crippen LogP contribution in [0.1, 0.15) is 38.2 Å². The molecule has 2 aromatic heterocycles. The molecule has 2 aliphatic rings. The van der Waals surface area contributed by atoms with Crippen LogP contribution in [0, 0.1) is 0 Å². The van der Waals surface area contributed by atoms with Crippen molar-refractivity contribution in [2.75, 3.05) is 31.1 Å². The second kappa shape index (κ2) is 12.4. The number of hydrogen-bond acceptors (Lipinski definition) is 4. The van der Waals surface area contributed by atoms with Gasteiger partial charge >= 0.3 is 0 Å². The summed E-state index contributed by atoms with van der Waals surface area (Å²) >= 11 is 6.19. The Morgan fingerprint density at radius 3 is 2.35 bits per heavy atom. The number of carbonyl (C=O) groups is 1. The Morgan fingerprint density at radius 2 is 1.70 bits per heavy atom. The zero-order valence-corrected chi connectivity index (χ0v) is 25.2. The molecule has 0 radical (unpaired) electrons. The first-order chi connectivity index (χ1) is 18.4. The number of amides is 1. The summed E-state index contributed by atoms with van der Waals surface area (Å²) < 4.78 is 0. The predicted molar refractivity (Wildman–Crippen MR) is 169 cm³/mol. The molecule has 6 rings (SSSR count). The molecule has 4 heterocycles. The number of nitrogens with one attached hydrogen (secondary N) is 2. The van der Waals surface area contributed by atoms with Crippen LogP contribution in [0.15, 0.2) is 73.1 Å². The van der Waals surface area contributed by atoms with Gasteiger partial charge in [-0.15, -0.1) is 24.8 Å². The Labute approximate surface area is 253 Å². The van der Waals surface area contributed by atoms with E-state index in [0.29, 0.717) is 18.1 Å². The number of hydrogen-bond donors (Lipinski definition) is 2. The SMILES string of the molecule is CC1(C)CCC(C(C(=O)N2CCN(c3c(-c4ccccc4)cnc4[nH]ccc34)CC2)c2ccc(Cl)cc2)N1.Cl.Cl. The Balaban J connectivity index is 0.00000185. The number of carbonyl (C=O) groups excluding carboxylic acids is 1. The van der Waals surface area contributed by atoms with E-state index in [1.807, 2.05) is 42.7 Å². The number of H-pyrrole nitrogens is 1. The number of pyridine rings is 1. The van der Waals surface area contributed by atoms with E-state index in [-0.39, 0.29) is 48.2 Å². The van der Waals surface area contributed by atoms with Gasteiger partial charge in [-0.3, -0.25) is 4.79 Å². The Bertz CT molecular complexity index is 1430. The van der Waals surface area contributed by atoms with Gasteiger partial charge in [0.2, 0.25) is 5.91 Å². The number of anilines is 1. The van der Waals surface area contributed by atoms with E-state index < -0.39 is 0 Å². The lowest BCUT2D eigenvalue weighted by Gasteiger charge is -2.39. The number of fused-ring (bicyclic) bond motifs is 1. The summed E-state index contributed by atoms with van der Waals surface area (Å²) in [6.45, 7) is 7.34. The number of rotatable bonds is 5. The second-order valence-electron chi connectivity index (χ2n) is 11.1. The Morgan fingerprint density at radius 1 is 1.00 bits per heavy atom. The maximum atomic E-state index is 14.1. The first kappa shape index (κ1) is 30.2. The van der Waals surface area contributed by atoms with Gasteiger partial charge in [0.25, 0.3) is 0 Å². The van der Waals surface area contributed by atoms with Gasteiger partial charge in [-0.05, 0) is 56.0 Å². The number of aromatic amines is 1. The number of piperazine rings is 1. The highest BCUT2D eigenvalue weighted by Crippen LogP contribution is 2.38. The summed E-state index contributed by atoms with van der Waals surface area (Å²) in [5.74, 6) is -0.0234. The number of benzene rings is 2. The molecule has 6 nitrogen and oxygen atoms in total. The van der Waals surface area contributed by atoms with Gasteiger partial charge in [0.15, 0.2) is 0 Å². The van der Waals surface area contributed by atoms with Crippen LogP contribution in [-0.4, -0.2) is 58.5 Å². The minimum Gasteiger partial charge on any atom is -0.367 e. The minimum absolute atomic E-state index is 0. The summed E-state index contributed by atoms with van der Waals surface area (Å²) in [5, 5.41) is 5.54. The van der Waals surface area contributed by atoms with Crippen LogP contribution in [0.25, 0.3) is 22.2 Å². The van der Waals surface area contributed by atoms with Crippen LogP contribution < -0.4 is 10.2 Å². The molecular formula is C31H36Cl3N5O. The molecular weight excluding hydrogens is 565 g/mol. The van der Waals surface area contributed by atoms with E-state index in [1.54, 1.807) is 0 Å². The Kier molecular flexibility index (Phi) is 9.36. The molecule has 2 fully saturated rings. The van der Waals surface area contributed by atoms with E-state index in [0.717, 1.165) is 53.7 Å². The molecule has 0 aliphatic carbocycles. The van der Waals surface area contributed by atoms with Crippen molar-refractivity contribution in [1.82, 2.24) is 20.2 Å². The summed E-state index contributed by atoms with van der Waals surface area (Å²) in [6, 6.07) is 20.5. The quantitative estimate of drug-likeness (QED) is 0.268. The van der Waals surface area contributed by atoms with E-state index >= 15 is 0 Å². The van der Waals surface area contributed by atoms with Crippen LogP contribution in [0.4, 0.5) is 5.69 Å². The van der Waals surface area contributed by atoms with E-state index in [4.69, 9.17) is 11.6 Å².